The van der Waals surface area contributed by atoms with Crippen molar-refractivity contribution >= 4 is 11.7 Å². The number of amides is 1. The van der Waals surface area contributed by atoms with Crippen LogP contribution in [0.3, 0.4) is 0 Å². The molecule has 1 amide bonds. The van der Waals surface area contributed by atoms with Gasteiger partial charge in [0.25, 0.3) is 5.91 Å². The minimum Gasteiger partial charge on any atom is -0.338 e. The molecule has 0 bridgehead atoms. The van der Waals surface area contributed by atoms with Crippen LogP contribution < -0.4 is 0 Å². The predicted octanol–water partition coefficient (Wildman–Crippen LogP) is 4.19. The van der Waals surface area contributed by atoms with Crippen LogP contribution in [-0.4, -0.2) is 29.7 Å². The summed E-state index contributed by atoms with van der Waals surface area (Å²) in [5.41, 5.74) is 2.03. The van der Waals surface area contributed by atoms with Gasteiger partial charge in [-0.3, -0.25) is 9.59 Å². The molecule has 1 aliphatic heterocycles. The van der Waals surface area contributed by atoms with Crippen molar-refractivity contribution in [1.29, 1.82) is 0 Å². The van der Waals surface area contributed by atoms with Crippen molar-refractivity contribution < 1.29 is 14.0 Å². The fourth-order valence-electron chi connectivity index (χ4n) is 3.45. The molecule has 1 fully saturated rings. The van der Waals surface area contributed by atoms with Gasteiger partial charge in [-0.25, -0.2) is 4.39 Å². The lowest BCUT2D eigenvalue weighted by atomic mass is 9.90. The van der Waals surface area contributed by atoms with E-state index in [0.29, 0.717) is 30.6 Å². The number of nitrogens with zero attached hydrogens (tertiary/aromatic N) is 1. The van der Waals surface area contributed by atoms with Crippen LogP contribution in [0.2, 0.25) is 0 Å². The van der Waals surface area contributed by atoms with Crippen LogP contribution >= 0.6 is 0 Å². The second kappa shape index (κ2) is 8.26. The number of carbonyl (C=O) groups excluding carboxylic acids is 2. The van der Waals surface area contributed by atoms with E-state index in [1.165, 1.54) is 6.07 Å². The normalized spacial score (nSPS) is 17.2. The molecule has 0 N–H and O–H groups in total. The number of carbonyl (C=O) groups is 2. The first kappa shape index (κ1) is 18.3. The van der Waals surface area contributed by atoms with E-state index in [-0.39, 0.29) is 23.4 Å². The van der Waals surface area contributed by atoms with Crippen molar-refractivity contribution in [3.05, 3.63) is 71.0 Å². The fraction of sp³-hybridized carbons (Fsp3) is 0.364. The Labute approximate surface area is 153 Å². The summed E-state index contributed by atoms with van der Waals surface area (Å²) < 4.78 is 13.7. The third-order valence-electron chi connectivity index (χ3n) is 5.09. The van der Waals surface area contributed by atoms with E-state index < -0.39 is 0 Å². The second-order valence-corrected chi connectivity index (χ2v) is 7.01. The standard InChI is InChI=1S/C22H24FNO2/c1-16-9-11-18(14-20(16)23)22(26)24-13-5-8-19(15-24)21(25)12-10-17-6-3-2-4-7-17/h2-4,6-7,9,11,14,19H,5,8,10,12-13,15H2,1H3. The van der Waals surface area contributed by atoms with Crippen molar-refractivity contribution in [2.45, 2.75) is 32.6 Å². The summed E-state index contributed by atoms with van der Waals surface area (Å²) in [5.74, 6) is -0.471. The average molecular weight is 353 g/mol. The van der Waals surface area contributed by atoms with E-state index in [2.05, 4.69) is 0 Å². The summed E-state index contributed by atoms with van der Waals surface area (Å²) in [4.78, 5) is 26.9. The van der Waals surface area contributed by atoms with Crippen LogP contribution in [0.5, 0.6) is 0 Å². The Morgan fingerprint density at radius 2 is 1.92 bits per heavy atom. The fourth-order valence-corrected chi connectivity index (χ4v) is 3.45. The largest absolute Gasteiger partial charge is 0.338 e. The molecule has 2 aromatic carbocycles. The Morgan fingerprint density at radius 1 is 1.15 bits per heavy atom. The van der Waals surface area contributed by atoms with E-state index >= 15 is 0 Å². The zero-order valence-corrected chi connectivity index (χ0v) is 15.1. The monoisotopic (exact) mass is 353 g/mol. The van der Waals surface area contributed by atoms with Gasteiger partial charge in [-0.1, -0.05) is 36.4 Å². The number of hydrogen-bond acceptors (Lipinski definition) is 2. The maximum Gasteiger partial charge on any atom is 0.253 e. The molecule has 0 saturated carbocycles. The summed E-state index contributed by atoms with van der Waals surface area (Å²) in [5, 5.41) is 0. The highest BCUT2D eigenvalue weighted by molar-refractivity contribution is 5.95. The van der Waals surface area contributed by atoms with Gasteiger partial charge in [-0.05, 0) is 49.4 Å². The molecule has 1 heterocycles. The highest BCUT2D eigenvalue weighted by atomic mass is 19.1. The van der Waals surface area contributed by atoms with Crippen molar-refractivity contribution in [2.24, 2.45) is 5.92 Å². The highest BCUT2D eigenvalue weighted by Crippen LogP contribution is 2.22. The Bertz CT molecular complexity index is 788. The lowest BCUT2D eigenvalue weighted by Crippen LogP contribution is -2.42. The Kier molecular flexibility index (Phi) is 5.82. The minimum atomic E-state index is -0.372. The van der Waals surface area contributed by atoms with E-state index in [4.69, 9.17) is 0 Å². The van der Waals surface area contributed by atoms with Crippen LogP contribution in [0, 0.1) is 18.7 Å². The van der Waals surface area contributed by atoms with Crippen molar-refractivity contribution in [1.82, 2.24) is 4.90 Å². The Balaban J connectivity index is 1.60. The van der Waals surface area contributed by atoms with Crippen molar-refractivity contribution in [2.75, 3.05) is 13.1 Å². The van der Waals surface area contributed by atoms with Crippen LogP contribution in [0.1, 0.15) is 40.7 Å². The van der Waals surface area contributed by atoms with E-state index in [9.17, 15) is 14.0 Å². The summed E-state index contributed by atoms with van der Waals surface area (Å²) in [6.45, 7) is 2.73. The molecule has 0 aromatic heterocycles. The molecule has 0 spiro atoms. The van der Waals surface area contributed by atoms with E-state index in [1.807, 2.05) is 30.3 Å². The van der Waals surface area contributed by atoms with Gasteiger partial charge >= 0.3 is 0 Å². The average Bonchev–Trinajstić information content (AvgIpc) is 2.68. The summed E-state index contributed by atoms with van der Waals surface area (Å²) >= 11 is 0. The Morgan fingerprint density at radius 3 is 2.65 bits per heavy atom. The molecule has 1 saturated heterocycles. The summed E-state index contributed by atoms with van der Waals surface area (Å²) in [7, 11) is 0. The topological polar surface area (TPSA) is 37.4 Å². The number of Topliss-reactive ketones (excluding diaryl/α,β-unsaturated/α-hetero) is 1. The SMILES string of the molecule is Cc1ccc(C(=O)N2CCCC(C(=O)CCc3ccccc3)C2)cc1F. The molecule has 0 radical (unpaired) electrons. The first-order valence-electron chi connectivity index (χ1n) is 9.16. The Hall–Kier alpha value is -2.49. The third kappa shape index (κ3) is 4.37. The quantitative estimate of drug-likeness (QED) is 0.808. The first-order valence-corrected chi connectivity index (χ1v) is 9.16. The van der Waals surface area contributed by atoms with Crippen LogP contribution in [0.15, 0.2) is 48.5 Å². The maximum absolute atomic E-state index is 13.7. The number of benzene rings is 2. The van der Waals surface area contributed by atoms with Crippen LogP contribution in [-0.2, 0) is 11.2 Å². The lowest BCUT2D eigenvalue weighted by Gasteiger charge is -2.32. The molecule has 1 unspecified atom stereocenters. The number of ketones is 1. The van der Waals surface area contributed by atoms with Gasteiger partial charge in [-0.2, -0.15) is 0 Å². The molecule has 1 aliphatic rings. The number of likely N-dealkylation sites (tertiary alicyclic amines) is 1. The number of hydrogen-bond donors (Lipinski definition) is 0. The molecule has 3 nitrogen and oxygen atoms in total. The van der Waals surface area contributed by atoms with Gasteiger partial charge in [0.05, 0.1) is 0 Å². The number of rotatable bonds is 5. The molecule has 1 atom stereocenters. The van der Waals surface area contributed by atoms with E-state index in [1.54, 1.807) is 24.0 Å². The van der Waals surface area contributed by atoms with Gasteiger partial charge in [0.1, 0.15) is 11.6 Å². The smallest absolute Gasteiger partial charge is 0.253 e. The molecule has 3 rings (SSSR count). The molecular weight excluding hydrogens is 329 g/mol. The van der Waals surface area contributed by atoms with Crippen LogP contribution in [0.4, 0.5) is 4.39 Å². The maximum atomic E-state index is 13.7. The predicted molar refractivity (Wildman–Crippen MR) is 99.5 cm³/mol. The van der Waals surface area contributed by atoms with Crippen molar-refractivity contribution in [3.63, 3.8) is 0 Å². The van der Waals surface area contributed by atoms with Gasteiger partial charge < -0.3 is 4.90 Å². The molecule has 2 aromatic rings. The minimum absolute atomic E-state index is 0.119. The van der Waals surface area contributed by atoms with Crippen LogP contribution in [0.25, 0.3) is 0 Å². The number of aryl methyl sites for hydroxylation is 2. The van der Waals surface area contributed by atoms with Gasteiger partial charge in [0, 0.05) is 31.0 Å². The summed E-state index contributed by atoms with van der Waals surface area (Å²) in [6.07, 6.45) is 2.85. The summed E-state index contributed by atoms with van der Waals surface area (Å²) in [6, 6.07) is 14.5. The number of halogens is 1. The van der Waals surface area contributed by atoms with E-state index in [0.717, 1.165) is 24.8 Å². The van der Waals surface area contributed by atoms with Gasteiger partial charge in [0.2, 0.25) is 0 Å². The molecule has 4 heteroatoms. The lowest BCUT2D eigenvalue weighted by molar-refractivity contribution is -0.124. The number of piperidine rings is 1. The molecule has 136 valence electrons. The first-order chi connectivity index (χ1) is 12.5. The molecule has 0 aliphatic carbocycles. The van der Waals surface area contributed by atoms with Gasteiger partial charge in [-0.15, -0.1) is 0 Å². The molecule has 26 heavy (non-hydrogen) atoms. The zero-order valence-electron chi connectivity index (χ0n) is 15.1. The highest BCUT2D eigenvalue weighted by Gasteiger charge is 2.28. The third-order valence-corrected chi connectivity index (χ3v) is 5.09. The molecular formula is C22H24FNO2. The van der Waals surface area contributed by atoms with Gasteiger partial charge in [0.15, 0.2) is 0 Å². The zero-order chi connectivity index (χ0) is 18.5. The second-order valence-electron chi connectivity index (χ2n) is 7.01. The van der Waals surface area contributed by atoms with Crippen molar-refractivity contribution in [3.8, 4) is 0 Å².